The van der Waals surface area contributed by atoms with E-state index >= 15 is 0 Å². The van der Waals surface area contributed by atoms with E-state index in [1.807, 2.05) is 6.08 Å². The number of hydrogen-bond acceptors (Lipinski definition) is 4. The third-order valence-electron chi connectivity index (χ3n) is 14.0. The largest absolute Gasteiger partial charge is 0.394 e. The fourth-order valence-corrected chi connectivity index (χ4v) is 9.34. The molecule has 390 valence electrons. The van der Waals surface area contributed by atoms with Crippen molar-refractivity contribution in [3.63, 3.8) is 0 Å². The second-order valence-electron chi connectivity index (χ2n) is 20.6. The van der Waals surface area contributed by atoms with Gasteiger partial charge >= 0.3 is 0 Å². The lowest BCUT2D eigenvalue weighted by Crippen LogP contribution is -2.48. The highest BCUT2D eigenvalue weighted by Gasteiger charge is 2.22. The van der Waals surface area contributed by atoms with Crippen LogP contribution in [0, 0.1) is 0 Å². The van der Waals surface area contributed by atoms with Crippen LogP contribution in [-0.2, 0) is 4.79 Å². The van der Waals surface area contributed by atoms with Crippen LogP contribution in [0.5, 0.6) is 0 Å². The van der Waals surface area contributed by atoms with Gasteiger partial charge in [0.2, 0.25) is 5.91 Å². The molecule has 3 unspecified atom stereocenters. The molecule has 0 aromatic carbocycles. The van der Waals surface area contributed by atoms with Crippen molar-refractivity contribution < 1.29 is 20.1 Å². The van der Waals surface area contributed by atoms with Crippen LogP contribution in [0.2, 0.25) is 0 Å². The molecule has 1 amide bonds. The van der Waals surface area contributed by atoms with E-state index < -0.39 is 24.2 Å². The zero-order valence-electron chi connectivity index (χ0n) is 44.6. The van der Waals surface area contributed by atoms with Crippen LogP contribution < -0.4 is 5.32 Å². The molecule has 0 heterocycles. The van der Waals surface area contributed by atoms with Crippen LogP contribution in [0.25, 0.3) is 0 Å². The van der Waals surface area contributed by atoms with Crippen molar-refractivity contribution in [1.29, 1.82) is 0 Å². The first-order valence-corrected chi connectivity index (χ1v) is 29.8. The average Bonchev–Trinajstić information content (AvgIpc) is 3.32. The lowest BCUT2D eigenvalue weighted by molar-refractivity contribution is -0.131. The molecular formula is C61H117NO4. The first-order valence-electron chi connectivity index (χ1n) is 29.8. The molecule has 0 aromatic heterocycles. The number of allylic oxidation sites excluding steroid dienone is 5. The molecule has 0 aliphatic heterocycles. The summed E-state index contributed by atoms with van der Waals surface area (Å²) < 4.78 is 0. The van der Waals surface area contributed by atoms with Gasteiger partial charge in [0.15, 0.2) is 0 Å². The highest BCUT2D eigenvalue weighted by atomic mass is 16.3. The fourth-order valence-electron chi connectivity index (χ4n) is 9.34. The van der Waals surface area contributed by atoms with Crippen molar-refractivity contribution in [3.8, 4) is 0 Å². The van der Waals surface area contributed by atoms with E-state index in [4.69, 9.17) is 0 Å². The van der Waals surface area contributed by atoms with Crippen molar-refractivity contribution in [3.05, 3.63) is 36.5 Å². The number of nitrogens with one attached hydrogen (secondary N) is 1. The summed E-state index contributed by atoms with van der Waals surface area (Å²) in [5, 5.41) is 33.4. The molecule has 0 radical (unpaired) electrons. The minimum absolute atomic E-state index is 0.361. The highest BCUT2D eigenvalue weighted by Crippen LogP contribution is 2.17. The quantitative estimate of drug-likeness (QED) is 0.0361. The number of hydrogen-bond donors (Lipinski definition) is 4. The van der Waals surface area contributed by atoms with Gasteiger partial charge in [0.1, 0.15) is 6.10 Å². The van der Waals surface area contributed by atoms with Gasteiger partial charge in [0.25, 0.3) is 0 Å². The molecule has 5 heteroatoms. The lowest BCUT2D eigenvalue weighted by atomic mass is 10.0. The van der Waals surface area contributed by atoms with Crippen LogP contribution in [0.1, 0.15) is 322 Å². The Morgan fingerprint density at radius 3 is 0.955 bits per heavy atom. The number of aliphatic hydroxyl groups is 3. The Morgan fingerprint density at radius 1 is 0.379 bits per heavy atom. The number of aliphatic hydroxyl groups excluding tert-OH is 3. The summed E-state index contributed by atoms with van der Waals surface area (Å²) in [4.78, 5) is 12.6. The molecule has 0 aliphatic carbocycles. The highest BCUT2D eigenvalue weighted by molar-refractivity contribution is 5.80. The molecule has 0 saturated heterocycles. The maximum Gasteiger partial charge on any atom is 0.249 e. The summed E-state index contributed by atoms with van der Waals surface area (Å²) in [5.74, 6) is -0.499. The molecule has 5 nitrogen and oxygen atoms in total. The van der Waals surface area contributed by atoms with Gasteiger partial charge in [0.05, 0.1) is 18.8 Å². The van der Waals surface area contributed by atoms with Gasteiger partial charge in [-0.1, -0.05) is 307 Å². The Labute approximate surface area is 413 Å². The van der Waals surface area contributed by atoms with E-state index in [1.165, 1.54) is 263 Å². The van der Waals surface area contributed by atoms with Gasteiger partial charge in [-0.2, -0.15) is 0 Å². The molecule has 0 saturated carbocycles. The third kappa shape index (κ3) is 50.4. The minimum Gasteiger partial charge on any atom is -0.394 e. The number of carbonyl (C=O) groups excluding carboxylic acids is 1. The second-order valence-corrected chi connectivity index (χ2v) is 20.6. The Hall–Kier alpha value is -1.43. The molecule has 0 spiro atoms. The van der Waals surface area contributed by atoms with Crippen molar-refractivity contribution in [2.45, 2.75) is 340 Å². The Kier molecular flexibility index (Phi) is 54.9. The molecule has 0 aromatic rings. The molecule has 0 rings (SSSR count). The zero-order valence-corrected chi connectivity index (χ0v) is 44.6. The van der Waals surface area contributed by atoms with Crippen molar-refractivity contribution >= 4 is 5.91 Å². The van der Waals surface area contributed by atoms with Crippen LogP contribution in [0.3, 0.4) is 0 Å². The predicted octanol–water partition coefficient (Wildman–Crippen LogP) is 18.6. The average molecular weight is 929 g/mol. The molecule has 66 heavy (non-hydrogen) atoms. The van der Waals surface area contributed by atoms with Gasteiger partial charge in [-0.05, 0) is 51.4 Å². The van der Waals surface area contributed by atoms with E-state index in [9.17, 15) is 20.1 Å². The third-order valence-corrected chi connectivity index (χ3v) is 14.0. The van der Waals surface area contributed by atoms with Crippen molar-refractivity contribution in [2.24, 2.45) is 0 Å². The lowest BCUT2D eigenvalue weighted by Gasteiger charge is -2.21. The summed E-state index contributed by atoms with van der Waals surface area (Å²) in [7, 11) is 0. The van der Waals surface area contributed by atoms with E-state index in [1.54, 1.807) is 6.08 Å². The van der Waals surface area contributed by atoms with Crippen molar-refractivity contribution in [1.82, 2.24) is 5.32 Å². The van der Waals surface area contributed by atoms with Gasteiger partial charge < -0.3 is 20.6 Å². The first kappa shape index (κ1) is 64.6. The summed E-state index contributed by atoms with van der Waals surface area (Å²) in [5.41, 5.74) is 0. The molecular weight excluding hydrogens is 811 g/mol. The summed E-state index contributed by atoms with van der Waals surface area (Å²) in [6.45, 7) is 4.21. The monoisotopic (exact) mass is 928 g/mol. The van der Waals surface area contributed by atoms with Gasteiger partial charge in [0, 0.05) is 0 Å². The molecule has 3 atom stereocenters. The Morgan fingerprint density at radius 2 is 0.652 bits per heavy atom. The predicted molar refractivity (Wildman–Crippen MR) is 291 cm³/mol. The maximum absolute atomic E-state index is 12.6. The topological polar surface area (TPSA) is 89.8 Å². The smallest absolute Gasteiger partial charge is 0.249 e. The normalized spacial score (nSPS) is 13.5. The summed E-state index contributed by atoms with van der Waals surface area (Å²) >= 11 is 0. The number of unbranched alkanes of at least 4 members (excludes halogenated alkanes) is 43. The van der Waals surface area contributed by atoms with Crippen molar-refractivity contribution in [2.75, 3.05) is 6.61 Å². The molecule has 0 fully saturated rings. The van der Waals surface area contributed by atoms with Crippen LogP contribution in [0.15, 0.2) is 36.5 Å². The van der Waals surface area contributed by atoms with E-state index in [-0.39, 0.29) is 6.61 Å². The molecule has 0 bridgehead atoms. The fraction of sp³-hybridized carbons (Fsp3) is 0.885. The minimum atomic E-state index is -1.10. The van der Waals surface area contributed by atoms with Crippen LogP contribution in [0.4, 0.5) is 0 Å². The zero-order chi connectivity index (χ0) is 47.9. The second kappa shape index (κ2) is 56.2. The van der Waals surface area contributed by atoms with E-state index in [0.717, 1.165) is 38.5 Å². The number of carbonyl (C=O) groups is 1. The SMILES string of the molecule is CCCCCCCCCCCCC/C=C\C/C=C\CCCCCCCCCCCCCCCCCCC(O)C(=O)NC(CO)C(O)/C=C/CCCCCCCCCCCCCCCCCC. The van der Waals surface area contributed by atoms with Gasteiger partial charge in [-0.3, -0.25) is 4.79 Å². The van der Waals surface area contributed by atoms with Crippen LogP contribution >= 0.6 is 0 Å². The van der Waals surface area contributed by atoms with E-state index in [2.05, 4.69) is 43.5 Å². The number of rotatable bonds is 55. The molecule has 0 aliphatic rings. The number of amides is 1. The van der Waals surface area contributed by atoms with Crippen LogP contribution in [-0.4, -0.2) is 46.1 Å². The Balaban J connectivity index is 3.52. The summed E-state index contributed by atoms with van der Waals surface area (Å²) in [6, 6.07) is -0.797. The van der Waals surface area contributed by atoms with Gasteiger partial charge in [-0.15, -0.1) is 0 Å². The standard InChI is InChI=1S/C61H117NO4/c1-3-5-7-9-11-13-15-17-19-21-23-24-25-26-27-28-29-30-31-32-33-34-35-36-37-38-40-42-44-46-48-50-52-54-56-60(65)61(66)62-58(57-63)59(64)55-53-51-49-47-45-43-41-39-22-20-18-16-14-12-10-8-6-4-2/h25-26,28-29,53,55,58-60,63-65H,3-24,27,30-52,54,56-57H2,1-2H3,(H,62,66)/b26-25-,29-28-,55-53+. The van der Waals surface area contributed by atoms with E-state index in [0.29, 0.717) is 6.42 Å². The van der Waals surface area contributed by atoms with Gasteiger partial charge in [-0.25, -0.2) is 0 Å². The maximum atomic E-state index is 12.6. The first-order chi connectivity index (χ1) is 32.6. The Bertz CT molecular complexity index is 1020. The molecule has 4 N–H and O–H groups in total. The summed E-state index contributed by atoms with van der Waals surface area (Å²) in [6.07, 6.45) is 73.8.